The maximum atomic E-state index is 11.1. The van der Waals surface area contributed by atoms with Gasteiger partial charge in [-0.2, -0.15) is 10.2 Å². The molecular formula is C26H21ClN4O3. The van der Waals surface area contributed by atoms with E-state index in [2.05, 4.69) is 21.0 Å². The van der Waals surface area contributed by atoms with Gasteiger partial charge in [0.2, 0.25) is 0 Å². The topological polar surface area (TPSA) is 112 Å². The zero-order valence-electron chi connectivity index (χ0n) is 18.2. The summed E-state index contributed by atoms with van der Waals surface area (Å²) < 4.78 is 5.97. The number of carboxylic acid groups (broad SMARTS) is 1. The molecule has 1 saturated carbocycles. The molecule has 8 heteroatoms. The first kappa shape index (κ1) is 21.9. The molecule has 34 heavy (non-hydrogen) atoms. The highest BCUT2D eigenvalue weighted by Gasteiger charge is 2.27. The number of carbonyl (C=O) groups is 1. The SMILES string of the molecule is N#Cc1cccc(-c2ccc(-c3nc4[nH]c(OC5CCC(C(=O)O)CC5)nc4cc3Cl)cc2)c1. The van der Waals surface area contributed by atoms with Crippen molar-refractivity contribution in [2.45, 2.75) is 31.8 Å². The number of H-pyrrole nitrogens is 1. The van der Waals surface area contributed by atoms with E-state index in [4.69, 9.17) is 26.7 Å². The molecule has 0 amide bonds. The number of imidazole rings is 1. The second-order valence-electron chi connectivity index (χ2n) is 8.43. The number of nitriles is 1. The number of pyridine rings is 1. The Morgan fingerprint density at radius 3 is 2.47 bits per heavy atom. The highest BCUT2D eigenvalue weighted by atomic mass is 35.5. The van der Waals surface area contributed by atoms with E-state index in [1.54, 1.807) is 12.1 Å². The minimum absolute atomic E-state index is 0.0711. The molecule has 1 aliphatic rings. The van der Waals surface area contributed by atoms with Gasteiger partial charge in [-0.25, -0.2) is 4.98 Å². The molecule has 2 aromatic carbocycles. The van der Waals surface area contributed by atoms with E-state index in [0.717, 1.165) is 16.7 Å². The minimum Gasteiger partial charge on any atom is -0.481 e. The summed E-state index contributed by atoms with van der Waals surface area (Å²) in [5.41, 5.74) is 5.23. The van der Waals surface area contributed by atoms with Crippen molar-refractivity contribution in [1.82, 2.24) is 15.0 Å². The van der Waals surface area contributed by atoms with Gasteiger partial charge >= 0.3 is 5.97 Å². The number of nitrogens with one attached hydrogen (secondary N) is 1. The number of hydrogen-bond acceptors (Lipinski definition) is 5. The second-order valence-corrected chi connectivity index (χ2v) is 8.84. The molecule has 1 fully saturated rings. The number of carboxylic acids is 1. The van der Waals surface area contributed by atoms with Crippen molar-refractivity contribution >= 4 is 28.7 Å². The lowest BCUT2D eigenvalue weighted by Crippen LogP contribution is -2.28. The first-order valence-electron chi connectivity index (χ1n) is 11.1. The van der Waals surface area contributed by atoms with Crippen molar-refractivity contribution in [1.29, 1.82) is 5.26 Å². The van der Waals surface area contributed by atoms with E-state index < -0.39 is 5.97 Å². The van der Waals surface area contributed by atoms with E-state index in [0.29, 0.717) is 59.1 Å². The molecule has 0 bridgehead atoms. The van der Waals surface area contributed by atoms with Crippen molar-refractivity contribution in [3.8, 4) is 34.5 Å². The number of aliphatic carboxylic acids is 1. The van der Waals surface area contributed by atoms with Crippen LogP contribution in [0.15, 0.2) is 54.6 Å². The number of ether oxygens (including phenoxy) is 1. The molecule has 0 aliphatic heterocycles. The molecular weight excluding hydrogens is 452 g/mol. The standard InChI is InChI=1S/C26H21ClN4O3/c27-21-13-22-24(31-26(29-22)34-20-10-8-18(9-11-20)25(32)33)30-23(21)17-6-4-16(5-7-17)19-3-1-2-15(12-19)14-28/h1-7,12-13,18,20H,8-11H2,(H,32,33)(H,29,30,31). The predicted octanol–water partition coefficient (Wildman–Crippen LogP) is 5.84. The lowest BCUT2D eigenvalue weighted by Gasteiger charge is -2.25. The van der Waals surface area contributed by atoms with Crippen LogP contribution in [0.2, 0.25) is 5.02 Å². The summed E-state index contributed by atoms with van der Waals surface area (Å²) in [5, 5.41) is 18.8. The predicted molar refractivity (Wildman–Crippen MR) is 128 cm³/mol. The fraction of sp³-hybridized carbons (Fsp3) is 0.231. The van der Waals surface area contributed by atoms with Gasteiger partial charge in [0.05, 0.1) is 28.3 Å². The second kappa shape index (κ2) is 9.16. The molecule has 7 nitrogen and oxygen atoms in total. The Balaban J connectivity index is 1.35. The summed E-state index contributed by atoms with van der Waals surface area (Å²) in [6.07, 6.45) is 2.49. The van der Waals surface area contributed by atoms with Gasteiger partial charge in [0, 0.05) is 5.56 Å². The molecule has 0 unspecified atom stereocenters. The van der Waals surface area contributed by atoms with Gasteiger partial charge in [0.25, 0.3) is 6.01 Å². The molecule has 2 aromatic heterocycles. The number of halogens is 1. The highest BCUT2D eigenvalue weighted by molar-refractivity contribution is 6.33. The molecule has 2 heterocycles. The van der Waals surface area contributed by atoms with Gasteiger partial charge in [-0.15, -0.1) is 0 Å². The van der Waals surface area contributed by atoms with Crippen LogP contribution in [0, 0.1) is 17.2 Å². The summed E-state index contributed by atoms with van der Waals surface area (Å²) in [4.78, 5) is 23.4. The molecule has 0 saturated heterocycles. The van der Waals surface area contributed by atoms with Gasteiger partial charge in [-0.3, -0.25) is 9.78 Å². The normalized spacial score (nSPS) is 17.9. The lowest BCUT2D eigenvalue weighted by atomic mass is 9.87. The van der Waals surface area contributed by atoms with Gasteiger partial charge in [0.1, 0.15) is 11.6 Å². The van der Waals surface area contributed by atoms with Gasteiger partial charge in [-0.1, -0.05) is 48.0 Å². The van der Waals surface area contributed by atoms with Crippen LogP contribution in [-0.2, 0) is 4.79 Å². The van der Waals surface area contributed by atoms with E-state index in [9.17, 15) is 4.79 Å². The Morgan fingerprint density at radius 2 is 1.76 bits per heavy atom. The van der Waals surface area contributed by atoms with Crippen molar-refractivity contribution in [2.24, 2.45) is 5.92 Å². The van der Waals surface area contributed by atoms with Crippen molar-refractivity contribution in [2.75, 3.05) is 0 Å². The third-order valence-corrected chi connectivity index (χ3v) is 6.48. The van der Waals surface area contributed by atoms with Crippen LogP contribution >= 0.6 is 11.6 Å². The number of fused-ring (bicyclic) bond motifs is 1. The van der Waals surface area contributed by atoms with Crippen molar-refractivity contribution in [3.05, 3.63) is 65.2 Å². The van der Waals surface area contributed by atoms with Crippen LogP contribution in [0.3, 0.4) is 0 Å². The van der Waals surface area contributed by atoms with Crippen LogP contribution in [0.5, 0.6) is 6.01 Å². The van der Waals surface area contributed by atoms with E-state index in [-0.39, 0.29) is 12.0 Å². The third-order valence-electron chi connectivity index (χ3n) is 6.19. The summed E-state index contributed by atoms with van der Waals surface area (Å²) in [7, 11) is 0. The van der Waals surface area contributed by atoms with E-state index in [1.165, 1.54) is 0 Å². The zero-order valence-corrected chi connectivity index (χ0v) is 18.9. The molecule has 5 rings (SSSR count). The zero-order chi connectivity index (χ0) is 23.7. The maximum absolute atomic E-state index is 11.1. The van der Waals surface area contributed by atoms with Crippen LogP contribution < -0.4 is 4.74 Å². The van der Waals surface area contributed by atoms with Gasteiger partial charge in [0.15, 0.2) is 5.65 Å². The number of aromatic amines is 1. The highest BCUT2D eigenvalue weighted by Crippen LogP contribution is 2.32. The number of nitrogens with zero attached hydrogens (tertiary/aromatic N) is 3. The molecule has 170 valence electrons. The number of hydrogen-bond donors (Lipinski definition) is 2. The molecule has 1 aliphatic carbocycles. The summed E-state index contributed by atoms with van der Waals surface area (Å²) in [5.74, 6) is -1.03. The molecule has 2 N–H and O–H groups in total. The number of benzene rings is 2. The number of aromatic nitrogens is 3. The average molecular weight is 473 g/mol. The Kier molecular flexibility index (Phi) is 5.91. The Hall–Kier alpha value is -3.89. The molecule has 0 spiro atoms. The Bertz CT molecular complexity index is 1400. The maximum Gasteiger partial charge on any atom is 0.306 e. The van der Waals surface area contributed by atoms with Gasteiger partial charge < -0.3 is 9.84 Å². The Morgan fingerprint density at radius 1 is 1.03 bits per heavy atom. The van der Waals surface area contributed by atoms with Crippen LogP contribution in [0.25, 0.3) is 33.5 Å². The average Bonchev–Trinajstić information content (AvgIpc) is 3.25. The van der Waals surface area contributed by atoms with Crippen molar-refractivity contribution < 1.29 is 14.6 Å². The molecule has 4 aromatic rings. The molecule has 0 atom stereocenters. The third kappa shape index (κ3) is 4.45. The fourth-order valence-electron chi connectivity index (χ4n) is 4.33. The van der Waals surface area contributed by atoms with Crippen LogP contribution in [0.1, 0.15) is 31.2 Å². The van der Waals surface area contributed by atoms with E-state index >= 15 is 0 Å². The molecule has 0 radical (unpaired) electrons. The quantitative estimate of drug-likeness (QED) is 0.377. The first-order chi connectivity index (χ1) is 16.5. The summed E-state index contributed by atoms with van der Waals surface area (Å²) >= 11 is 6.53. The first-order valence-corrected chi connectivity index (χ1v) is 11.4. The summed E-state index contributed by atoms with van der Waals surface area (Å²) in [6, 6.07) is 19.6. The Labute approximate surface area is 201 Å². The van der Waals surface area contributed by atoms with Crippen LogP contribution in [-0.4, -0.2) is 32.1 Å². The fourth-order valence-corrected chi connectivity index (χ4v) is 4.58. The smallest absolute Gasteiger partial charge is 0.306 e. The van der Waals surface area contributed by atoms with Crippen molar-refractivity contribution in [3.63, 3.8) is 0 Å². The van der Waals surface area contributed by atoms with Gasteiger partial charge in [-0.05, 0) is 55.0 Å². The largest absolute Gasteiger partial charge is 0.481 e. The minimum atomic E-state index is -0.739. The lowest BCUT2D eigenvalue weighted by molar-refractivity contribution is -0.143. The van der Waals surface area contributed by atoms with Crippen LogP contribution in [0.4, 0.5) is 0 Å². The van der Waals surface area contributed by atoms with E-state index in [1.807, 2.05) is 42.5 Å². The monoisotopic (exact) mass is 472 g/mol. The number of rotatable bonds is 5. The summed E-state index contributed by atoms with van der Waals surface area (Å²) in [6.45, 7) is 0.